The standard InChI is InChI=1S/C14H14N4O3/c1-18(12-3-2-6-15-9-12)14(21)17-11-5-4-10(16-8-11)7-13(19)20/h2-6,8-9H,7H2,1H3,(H,17,21)(H,19,20). The highest BCUT2D eigenvalue weighted by molar-refractivity contribution is 6.01. The van der Waals surface area contributed by atoms with Gasteiger partial charge in [0.15, 0.2) is 0 Å². The quantitative estimate of drug-likeness (QED) is 0.893. The Morgan fingerprint density at radius 1 is 1.29 bits per heavy atom. The summed E-state index contributed by atoms with van der Waals surface area (Å²) in [5, 5.41) is 11.3. The van der Waals surface area contributed by atoms with Crippen molar-refractivity contribution in [1.29, 1.82) is 0 Å². The van der Waals surface area contributed by atoms with E-state index in [2.05, 4.69) is 15.3 Å². The first-order chi connectivity index (χ1) is 10.1. The van der Waals surface area contributed by atoms with Crippen LogP contribution in [-0.4, -0.2) is 34.1 Å². The number of carboxylic acids is 1. The maximum Gasteiger partial charge on any atom is 0.326 e. The highest BCUT2D eigenvalue weighted by Crippen LogP contribution is 2.12. The van der Waals surface area contributed by atoms with E-state index in [1.165, 1.54) is 11.1 Å². The summed E-state index contributed by atoms with van der Waals surface area (Å²) < 4.78 is 0. The van der Waals surface area contributed by atoms with Crippen LogP contribution in [-0.2, 0) is 11.2 Å². The second-order valence-corrected chi connectivity index (χ2v) is 4.31. The third kappa shape index (κ3) is 4.00. The van der Waals surface area contributed by atoms with Gasteiger partial charge in [0.05, 0.1) is 35.9 Å². The summed E-state index contributed by atoms with van der Waals surface area (Å²) in [6.45, 7) is 0. The molecule has 0 unspecified atom stereocenters. The minimum Gasteiger partial charge on any atom is -0.481 e. The molecule has 0 fully saturated rings. The molecule has 21 heavy (non-hydrogen) atoms. The zero-order valence-electron chi connectivity index (χ0n) is 11.4. The van der Waals surface area contributed by atoms with E-state index in [9.17, 15) is 9.59 Å². The van der Waals surface area contributed by atoms with Gasteiger partial charge in [-0.05, 0) is 24.3 Å². The van der Waals surface area contributed by atoms with Crippen molar-refractivity contribution in [2.75, 3.05) is 17.3 Å². The molecule has 0 saturated heterocycles. The predicted octanol–water partition coefficient (Wildman–Crippen LogP) is 1.77. The van der Waals surface area contributed by atoms with Gasteiger partial charge in [-0.2, -0.15) is 0 Å². The Morgan fingerprint density at radius 3 is 2.67 bits per heavy atom. The number of anilines is 2. The molecule has 0 spiro atoms. The first kappa shape index (κ1) is 14.4. The number of carbonyl (C=O) groups is 2. The van der Waals surface area contributed by atoms with E-state index in [-0.39, 0.29) is 12.5 Å². The Morgan fingerprint density at radius 2 is 2.10 bits per heavy atom. The van der Waals surface area contributed by atoms with Crippen molar-refractivity contribution in [3.05, 3.63) is 48.5 Å². The van der Waals surface area contributed by atoms with Crippen LogP contribution in [0.1, 0.15) is 5.69 Å². The molecule has 0 atom stereocenters. The van der Waals surface area contributed by atoms with E-state index < -0.39 is 5.97 Å². The van der Waals surface area contributed by atoms with Gasteiger partial charge in [0, 0.05) is 13.2 Å². The molecule has 2 amide bonds. The number of pyridine rings is 2. The number of aliphatic carboxylic acids is 1. The number of hydrogen-bond acceptors (Lipinski definition) is 4. The van der Waals surface area contributed by atoms with Gasteiger partial charge < -0.3 is 10.4 Å². The van der Waals surface area contributed by atoms with E-state index in [1.807, 2.05) is 0 Å². The van der Waals surface area contributed by atoms with Gasteiger partial charge in [0.2, 0.25) is 0 Å². The van der Waals surface area contributed by atoms with Gasteiger partial charge in [-0.15, -0.1) is 0 Å². The summed E-state index contributed by atoms with van der Waals surface area (Å²) in [5.74, 6) is -0.949. The second-order valence-electron chi connectivity index (χ2n) is 4.31. The Labute approximate surface area is 121 Å². The number of nitrogens with one attached hydrogen (secondary N) is 1. The molecule has 2 aromatic heterocycles. The van der Waals surface area contributed by atoms with Crippen LogP contribution in [0.2, 0.25) is 0 Å². The highest BCUT2D eigenvalue weighted by atomic mass is 16.4. The average molecular weight is 286 g/mol. The van der Waals surface area contributed by atoms with Crippen molar-refractivity contribution < 1.29 is 14.7 Å². The molecule has 2 N–H and O–H groups in total. The largest absolute Gasteiger partial charge is 0.481 e. The summed E-state index contributed by atoms with van der Waals surface area (Å²) in [5.41, 5.74) is 1.58. The van der Waals surface area contributed by atoms with E-state index >= 15 is 0 Å². The van der Waals surface area contributed by atoms with Crippen LogP contribution in [0.3, 0.4) is 0 Å². The molecular formula is C14H14N4O3. The van der Waals surface area contributed by atoms with Crippen LogP contribution in [0.5, 0.6) is 0 Å². The molecule has 0 aliphatic heterocycles. The number of carbonyl (C=O) groups excluding carboxylic acids is 1. The Kier molecular flexibility index (Phi) is 4.45. The molecule has 0 aromatic carbocycles. The van der Waals surface area contributed by atoms with Crippen LogP contribution >= 0.6 is 0 Å². The Balaban J connectivity index is 2.01. The maximum atomic E-state index is 12.0. The fourth-order valence-corrected chi connectivity index (χ4v) is 1.63. The van der Waals surface area contributed by atoms with Gasteiger partial charge in [0.1, 0.15) is 0 Å². The molecule has 7 nitrogen and oxygen atoms in total. The molecule has 0 bridgehead atoms. The molecule has 108 valence electrons. The van der Waals surface area contributed by atoms with E-state index in [0.717, 1.165) is 0 Å². The number of hydrogen-bond donors (Lipinski definition) is 2. The lowest BCUT2D eigenvalue weighted by atomic mass is 10.2. The number of carboxylic acid groups (broad SMARTS) is 1. The predicted molar refractivity (Wildman–Crippen MR) is 77.2 cm³/mol. The smallest absolute Gasteiger partial charge is 0.326 e. The molecule has 0 aliphatic carbocycles. The molecule has 0 saturated carbocycles. The third-order valence-corrected chi connectivity index (χ3v) is 2.75. The molecule has 0 radical (unpaired) electrons. The van der Waals surface area contributed by atoms with Crippen LogP contribution in [0.4, 0.5) is 16.2 Å². The normalized spacial score (nSPS) is 9.95. The first-order valence-electron chi connectivity index (χ1n) is 6.17. The number of aromatic nitrogens is 2. The molecule has 0 aliphatic rings. The summed E-state index contributed by atoms with van der Waals surface area (Å²) >= 11 is 0. The second kappa shape index (κ2) is 6.47. The number of amides is 2. The topological polar surface area (TPSA) is 95.4 Å². The number of rotatable bonds is 4. The number of nitrogens with zero attached hydrogens (tertiary/aromatic N) is 3. The van der Waals surface area contributed by atoms with Crippen molar-refractivity contribution in [2.24, 2.45) is 0 Å². The van der Waals surface area contributed by atoms with Gasteiger partial charge in [-0.25, -0.2) is 4.79 Å². The molecule has 7 heteroatoms. The Hall–Kier alpha value is -2.96. The van der Waals surface area contributed by atoms with Gasteiger partial charge in [-0.1, -0.05) is 0 Å². The van der Waals surface area contributed by atoms with Crippen molar-refractivity contribution in [2.45, 2.75) is 6.42 Å². The summed E-state index contributed by atoms with van der Waals surface area (Å²) in [6, 6.07) is 6.34. The van der Waals surface area contributed by atoms with Crippen molar-refractivity contribution in [3.63, 3.8) is 0 Å². The van der Waals surface area contributed by atoms with Crippen LogP contribution in [0.25, 0.3) is 0 Å². The van der Waals surface area contributed by atoms with E-state index in [0.29, 0.717) is 17.1 Å². The zero-order valence-corrected chi connectivity index (χ0v) is 11.4. The molecular weight excluding hydrogens is 272 g/mol. The Bertz CT molecular complexity index is 628. The van der Waals surface area contributed by atoms with E-state index in [1.54, 1.807) is 43.7 Å². The number of urea groups is 1. The summed E-state index contributed by atoms with van der Waals surface area (Å²) in [6.07, 6.45) is 4.48. The SMILES string of the molecule is CN(C(=O)Nc1ccc(CC(=O)O)nc1)c1cccnc1. The lowest BCUT2D eigenvalue weighted by Crippen LogP contribution is -2.31. The highest BCUT2D eigenvalue weighted by Gasteiger charge is 2.11. The fraction of sp³-hybridized carbons (Fsp3) is 0.143. The molecule has 2 heterocycles. The van der Waals surface area contributed by atoms with Crippen molar-refractivity contribution >= 4 is 23.4 Å². The van der Waals surface area contributed by atoms with Crippen LogP contribution < -0.4 is 10.2 Å². The summed E-state index contributed by atoms with van der Waals surface area (Å²) in [7, 11) is 1.62. The summed E-state index contributed by atoms with van der Waals surface area (Å²) in [4.78, 5) is 31.9. The van der Waals surface area contributed by atoms with Crippen molar-refractivity contribution in [1.82, 2.24) is 9.97 Å². The third-order valence-electron chi connectivity index (χ3n) is 2.75. The lowest BCUT2D eigenvalue weighted by molar-refractivity contribution is -0.136. The fourth-order valence-electron chi connectivity index (χ4n) is 1.63. The molecule has 2 rings (SSSR count). The van der Waals surface area contributed by atoms with Crippen molar-refractivity contribution in [3.8, 4) is 0 Å². The zero-order chi connectivity index (χ0) is 15.2. The van der Waals surface area contributed by atoms with E-state index in [4.69, 9.17) is 5.11 Å². The molecule has 2 aromatic rings. The lowest BCUT2D eigenvalue weighted by Gasteiger charge is -2.17. The minimum absolute atomic E-state index is 0.149. The van der Waals surface area contributed by atoms with Gasteiger partial charge in [-0.3, -0.25) is 19.7 Å². The van der Waals surface area contributed by atoms with Crippen LogP contribution in [0, 0.1) is 0 Å². The monoisotopic (exact) mass is 286 g/mol. The minimum atomic E-state index is -0.949. The van der Waals surface area contributed by atoms with Gasteiger partial charge in [0.25, 0.3) is 0 Å². The van der Waals surface area contributed by atoms with Gasteiger partial charge >= 0.3 is 12.0 Å². The average Bonchev–Trinajstić information content (AvgIpc) is 2.49. The van der Waals surface area contributed by atoms with Crippen LogP contribution in [0.15, 0.2) is 42.9 Å². The maximum absolute atomic E-state index is 12.0. The first-order valence-corrected chi connectivity index (χ1v) is 6.17.